The van der Waals surface area contributed by atoms with Crippen molar-refractivity contribution in [3.63, 3.8) is 0 Å². The van der Waals surface area contributed by atoms with Gasteiger partial charge in [0, 0.05) is 32.2 Å². The van der Waals surface area contributed by atoms with Crippen LogP contribution in [0, 0.1) is 11.8 Å². The molecule has 0 aromatic heterocycles. The third-order valence-electron chi connectivity index (χ3n) is 3.48. The molecule has 1 aliphatic rings. The van der Waals surface area contributed by atoms with Crippen LogP contribution in [-0.4, -0.2) is 54.7 Å². The Balaban J connectivity index is 2.42. The quantitative estimate of drug-likeness (QED) is 0.613. The molecule has 1 rings (SSSR count). The highest BCUT2D eigenvalue weighted by Gasteiger charge is 2.30. The van der Waals surface area contributed by atoms with Gasteiger partial charge in [-0.05, 0) is 25.3 Å². The predicted octanol–water partition coefficient (Wildman–Crippen LogP) is 0.356. The minimum Gasteiger partial charge on any atom is -0.481 e. The van der Waals surface area contributed by atoms with E-state index in [0.29, 0.717) is 19.0 Å². The van der Waals surface area contributed by atoms with Gasteiger partial charge in [0.15, 0.2) is 0 Å². The van der Waals surface area contributed by atoms with Crippen molar-refractivity contribution in [2.75, 3.05) is 32.7 Å². The van der Waals surface area contributed by atoms with E-state index in [-0.39, 0.29) is 12.0 Å². The van der Waals surface area contributed by atoms with Crippen LogP contribution in [0.1, 0.15) is 26.7 Å². The van der Waals surface area contributed by atoms with Crippen molar-refractivity contribution in [1.29, 1.82) is 0 Å². The van der Waals surface area contributed by atoms with E-state index in [1.165, 1.54) is 0 Å². The number of piperidine rings is 1. The largest absolute Gasteiger partial charge is 0.481 e. The Bertz CT molecular complexity index is 259. The van der Waals surface area contributed by atoms with Gasteiger partial charge in [0.2, 0.25) is 0 Å². The second-order valence-electron chi connectivity index (χ2n) is 5.65. The maximum absolute atomic E-state index is 11.1. The van der Waals surface area contributed by atoms with Crippen molar-refractivity contribution < 1.29 is 9.90 Å². The highest BCUT2D eigenvalue weighted by Crippen LogP contribution is 2.17. The average Bonchev–Trinajstić information content (AvgIpc) is 2.28. The van der Waals surface area contributed by atoms with Gasteiger partial charge < -0.3 is 16.2 Å². The number of carbonyl (C=O) groups is 1. The normalized spacial score (nSPS) is 25.6. The molecule has 0 radical (unpaired) electrons. The van der Waals surface area contributed by atoms with E-state index in [2.05, 4.69) is 24.1 Å². The van der Waals surface area contributed by atoms with Crippen molar-refractivity contribution in [1.82, 2.24) is 10.2 Å². The van der Waals surface area contributed by atoms with Crippen LogP contribution in [0.15, 0.2) is 0 Å². The first-order chi connectivity index (χ1) is 8.52. The molecule has 1 aliphatic heterocycles. The van der Waals surface area contributed by atoms with Gasteiger partial charge in [0.25, 0.3) is 0 Å². The van der Waals surface area contributed by atoms with Crippen molar-refractivity contribution in [2.45, 2.75) is 32.7 Å². The third-order valence-corrected chi connectivity index (χ3v) is 3.48. The molecule has 0 aromatic carbocycles. The average molecular weight is 257 g/mol. The predicted molar refractivity (Wildman–Crippen MR) is 72.5 cm³/mol. The van der Waals surface area contributed by atoms with Gasteiger partial charge in [0.1, 0.15) is 0 Å². The van der Waals surface area contributed by atoms with Crippen molar-refractivity contribution in [3.05, 3.63) is 0 Å². The second-order valence-corrected chi connectivity index (χ2v) is 5.65. The van der Waals surface area contributed by atoms with Crippen molar-refractivity contribution >= 4 is 5.97 Å². The van der Waals surface area contributed by atoms with Gasteiger partial charge >= 0.3 is 5.97 Å². The van der Waals surface area contributed by atoms with Crippen molar-refractivity contribution in [2.24, 2.45) is 17.6 Å². The molecule has 1 saturated heterocycles. The zero-order valence-electron chi connectivity index (χ0n) is 11.6. The van der Waals surface area contributed by atoms with Gasteiger partial charge in [-0.15, -0.1) is 0 Å². The zero-order chi connectivity index (χ0) is 13.5. The van der Waals surface area contributed by atoms with Gasteiger partial charge in [0.05, 0.1) is 5.92 Å². The van der Waals surface area contributed by atoms with E-state index in [4.69, 9.17) is 10.8 Å². The molecule has 106 valence electrons. The molecule has 0 amide bonds. The standard InChI is InChI=1S/C13H27N3O2/c1-10(2)3-5-15-12-7-11(13(17)18)8-16(9-12)6-4-14/h10-12,15H,3-9,14H2,1-2H3,(H,17,18). The van der Waals surface area contributed by atoms with Crippen LogP contribution in [0.2, 0.25) is 0 Å². The summed E-state index contributed by atoms with van der Waals surface area (Å²) in [6.07, 6.45) is 1.86. The zero-order valence-corrected chi connectivity index (χ0v) is 11.6. The molecule has 0 spiro atoms. The van der Waals surface area contributed by atoms with E-state index in [0.717, 1.165) is 32.5 Å². The first-order valence-electron chi connectivity index (χ1n) is 6.91. The van der Waals surface area contributed by atoms with E-state index < -0.39 is 5.97 Å². The Morgan fingerprint density at radius 2 is 2.22 bits per heavy atom. The minimum atomic E-state index is -0.688. The summed E-state index contributed by atoms with van der Waals surface area (Å²) < 4.78 is 0. The molecule has 0 aliphatic carbocycles. The molecule has 0 bridgehead atoms. The molecule has 2 unspecified atom stereocenters. The minimum absolute atomic E-state index is 0.262. The number of nitrogens with two attached hydrogens (primary N) is 1. The molecule has 4 N–H and O–H groups in total. The van der Waals surface area contributed by atoms with Crippen molar-refractivity contribution in [3.8, 4) is 0 Å². The van der Waals surface area contributed by atoms with Gasteiger partial charge in [-0.1, -0.05) is 13.8 Å². The first-order valence-corrected chi connectivity index (χ1v) is 6.91. The SMILES string of the molecule is CC(C)CCNC1CC(C(=O)O)CN(CCN)C1. The number of nitrogens with zero attached hydrogens (tertiary/aromatic N) is 1. The van der Waals surface area contributed by atoms with Crippen LogP contribution in [-0.2, 0) is 4.79 Å². The number of nitrogens with one attached hydrogen (secondary N) is 1. The summed E-state index contributed by atoms with van der Waals surface area (Å²) in [4.78, 5) is 13.3. The molecule has 0 aromatic rings. The fourth-order valence-electron chi connectivity index (χ4n) is 2.46. The van der Waals surface area contributed by atoms with E-state index in [1.54, 1.807) is 0 Å². The Hall–Kier alpha value is -0.650. The summed E-state index contributed by atoms with van der Waals surface area (Å²) >= 11 is 0. The summed E-state index contributed by atoms with van der Waals surface area (Å²) in [6, 6.07) is 0.283. The van der Waals surface area contributed by atoms with E-state index in [1.807, 2.05) is 0 Å². The van der Waals surface area contributed by atoms with Gasteiger partial charge in [-0.25, -0.2) is 0 Å². The van der Waals surface area contributed by atoms with Gasteiger partial charge in [-0.2, -0.15) is 0 Å². The number of aliphatic carboxylic acids is 1. The molecule has 1 fully saturated rings. The number of carboxylic acids is 1. The fraction of sp³-hybridized carbons (Fsp3) is 0.923. The van der Waals surface area contributed by atoms with Crippen LogP contribution in [0.4, 0.5) is 0 Å². The van der Waals surface area contributed by atoms with E-state index in [9.17, 15) is 4.79 Å². The summed E-state index contributed by atoms with van der Waals surface area (Å²) in [6.45, 7) is 8.28. The summed E-state index contributed by atoms with van der Waals surface area (Å²) in [7, 11) is 0. The fourth-order valence-corrected chi connectivity index (χ4v) is 2.46. The Morgan fingerprint density at radius 3 is 2.78 bits per heavy atom. The Morgan fingerprint density at radius 1 is 1.50 bits per heavy atom. The number of carboxylic acid groups (broad SMARTS) is 1. The number of rotatable bonds is 7. The maximum Gasteiger partial charge on any atom is 0.307 e. The topological polar surface area (TPSA) is 78.6 Å². The van der Waals surface area contributed by atoms with Gasteiger partial charge in [-0.3, -0.25) is 9.69 Å². The molecule has 18 heavy (non-hydrogen) atoms. The summed E-state index contributed by atoms with van der Waals surface area (Å²) in [5, 5.41) is 12.7. The number of hydrogen-bond donors (Lipinski definition) is 3. The molecule has 1 heterocycles. The third kappa shape index (κ3) is 5.33. The Kier molecular flexibility index (Phi) is 6.60. The van der Waals surface area contributed by atoms with Crippen LogP contribution < -0.4 is 11.1 Å². The maximum atomic E-state index is 11.1. The Labute approximate surface area is 110 Å². The smallest absolute Gasteiger partial charge is 0.307 e. The van der Waals surface area contributed by atoms with Crippen LogP contribution in [0.3, 0.4) is 0 Å². The molecule has 2 atom stereocenters. The summed E-state index contributed by atoms with van der Waals surface area (Å²) in [5.41, 5.74) is 5.56. The first kappa shape index (κ1) is 15.4. The van der Waals surface area contributed by atoms with Crippen LogP contribution in [0.25, 0.3) is 0 Å². The summed E-state index contributed by atoms with van der Waals surface area (Å²) in [5.74, 6) is -0.272. The molecule has 5 nitrogen and oxygen atoms in total. The molecule has 5 heteroatoms. The lowest BCUT2D eigenvalue weighted by Gasteiger charge is -2.36. The van der Waals surface area contributed by atoms with Crippen LogP contribution in [0.5, 0.6) is 0 Å². The molecule has 0 saturated carbocycles. The highest BCUT2D eigenvalue weighted by atomic mass is 16.4. The number of hydrogen-bond acceptors (Lipinski definition) is 4. The number of likely N-dealkylation sites (tertiary alicyclic amines) is 1. The lowest BCUT2D eigenvalue weighted by molar-refractivity contribution is -0.144. The van der Waals surface area contributed by atoms with Crippen LogP contribution >= 0.6 is 0 Å². The lowest BCUT2D eigenvalue weighted by atomic mass is 9.94. The monoisotopic (exact) mass is 257 g/mol. The second kappa shape index (κ2) is 7.71. The van der Waals surface area contributed by atoms with E-state index >= 15 is 0 Å². The highest BCUT2D eigenvalue weighted by molar-refractivity contribution is 5.70. The molecular formula is C13H27N3O2. The molecular weight excluding hydrogens is 230 g/mol. The lowest BCUT2D eigenvalue weighted by Crippen LogP contribution is -2.52.